The van der Waals surface area contributed by atoms with E-state index in [-0.39, 0.29) is 6.54 Å². The van der Waals surface area contributed by atoms with Crippen LogP contribution in [0.2, 0.25) is 0 Å². The number of nitrogens with two attached hydrogens (primary N) is 1. The molecule has 0 heterocycles. The highest BCUT2D eigenvalue weighted by Crippen LogP contribution is 1.99. The molecule has 6 heteroatoms. The summed E-state index contributed by atoms with van der Waals surface area (Å²) in [4.78, 5) is 36.9. The molecule has 0 bridgehead atoms. The van der Waals surface area contributed by atoms with Crippen LogP contribution < -0.4 is 5.73 Å². The van der Waals surface area contributed by atoms with Crippen molar-refractivity contribution in [2.24, 2.45) is 5.73 Å². The van der Waals surface area contributed by atoms with Gasteiger partial charge in [0, 0.05) is 19.6 Å². The van der Waals surface area contributed by atoms with Crippen LogP contribution in [0.15, 0.2) is 0 Å². The number of hydrogen-bond acceptors (Lipinski definition) is 4. The molecule has 0 aromatic heterocycles. The van der Waals surface area contributed by atoms with E-state index in [0.717, 1.165) is 17.7 Å². The fraction of sp³-hybridized carbons (Fsp3) is 0.750. The zero-order valence-electron chi connectivity index (χ0n) is 11.2. The van der Waals surface area contributed by atoms with Crippen molar-refractivity contribution in [2.75, 3.05) is 26.2 Å². The molecular formula is C12H23N3O3. The van der Waals surface area contributed by atoms with Crippen LogP contribution in [0.1, 0.15) is 33.1 Å². The highest BCUT2D eigenvalue weighted by molar-refractivity contribution is 6.36. The molecule has 3 amide bonds. The molecule has 0 aromatic carbocycles. The van der Waals surface area contributed by atoms with Crippen LogP contribution in [0.5, 0.6) is 0 Å². The lowest BCUT2D eigenvalue weighted by molar-refractivity contribution is -0.154. The maximum atomic E-state index is 11.9. The molecule has 0 saturated carbocycles. The lowest BCUT2D eigenvalue weighted by Crippen LogP contribution is -2.46. The normalized spacial score (nSPS) is 9.94. The van der Waals surface area contributed by atoms with Crippen LogP contribution in [0, 0.1) is 0 Å². The fourth-order valence-electron chi connectivity index (χ4n) is 1.58. The average Bonchev–Trinajstić information content (AvgIpc) is 2.38. The molecule has 0 atom stereocenters. The van der Waals surface area contributed by atoms with E-state index in [1.165, 1.54) is 4.90 Å². The van der Waals surface area contributed by atoms with Crippen molar-refractivity contribution in [3.8, 4) is 0 Å². The number of carbonyl (C=O) groups is 3. The summed E-state index contributed by atoms with van der Waals surface area (Å²) in [5.74, 6) is -1.37. The first-order valence-corrected chi connectivity index (χ1v) is 6.37. The van der Waals surface area contributed by atoms with Crippen LogP contribution in [0.25, 0.3) is 0 Å². The first-order valence-electron chi connectivity index (χ1n) is 6.37. The third-order valence-electron chi connectivity index (χ3n) is 2.45. The number of imide groups is 1. The zero-order chi connectivity index (χ0) is 14.0. The Labute approximate surface area is 108 Å². The van der Waals surface area contributed by atoms with Gasteiger partial charge >= 0.3 is 11.8 Å². The van der Waals surface area contributed by atoms with E-state index in [9.17, 15) is 14.4 Å². The average molecular weight is 257 g/mol. The Hall–Kier alpha value is -1.43. The molecule has 0 saturated heterocycles. The van der Waals surface area contributed by atoms with E-state index in [2.05, 4.69) is 0 Å². The third-order valence-corrected chi connectivity index (χ3v) is 2.45. The van der Waals surface area contributed by atoms with Gasteiger partial charge in [0.2, 0.25) is 6.41 Å². The Kier molecular flexibility index (Phi) is 8.82. The van der Waals surface area contributed by atoms with Gasteiger partial charge < -0.3 is 10.6 Å². The molecule has 0 aliphatic carbocycles. The van der Waals surface area contributed by atoms with Gasteiger partial charge in [-0.15, -0.1) is 0 Å². The summed E-state index contributed by atoms with van der Waals surface area (Å²) in [7, 11) is 0. The van der Waals surface area contributed by atoms with Crippen LogP contribution in [0.3, 0.4) is 0 Å². The second kappa shape index (κ2) is 9.58. The molecule has 0 unspecified atom stereocenters. The first-order chi connectivity index (χ1) is 8.62. The standard InChI is InChI=1S/C12H23N3O3/c1-3-7-14(8-4-2)11(17)12(18)15(10-16)9-5-6-13/h10H,3-9,13H2,1-2H3. The van der Waals surface area contributed by atoms with Gasteiger partial charge in [-0.2, -0.15) is 0 Å². The monoisotopic (exact) mass is 257 g/mol. The topological polar surface area (TPSA) is 83.7 Å². The second-order valence-electron chi connectivity index (χ2n) is 4.04. The van der Waals surface area contributed by atoms with Crippen molar-refractivity contribution in [3.05, 3.63) is 0 Å². The van der Waals surface area contributed by atoms with Crippen molar-refractivity contribution in [1.82, 2.24) is 9.80 Å². The number of amides is 3. The molecule has 6 nitrogen and oxygen atoms in total. The van der Waals surface area contributed by atoms with Crippen molar-refractivity contribution in [2.45, 2.75) is 33.1 Å². The lowest BCUT2D eigenvalue weighted by atomic mass is 10.3. The molecule has 104 valence electrons. The van der Waals surface area contributed by atoms with E-state index in [1.807, 2.05) is 13.8 Å². The molecule has 0 aliphatic heterocycles. The summed E-state index contributed by atoms with van der Waals surface area (Å²) in [6.07, 6.45) is 2.46. The summed E-state index contributed by atoms with van der Waals surface area (Å²) >= 11 is 0. The minimum Gasteiger partial charge on any atom is -0.334 e. The third kappa shape index (κ3) is 5.27. The van der Waals surface area contributed by atoms with Gasteiger partial charge in [0.25, 0.3) is 0 Å². The minimum atomic E-state index is -0.764. The molecule has 0 spiro atoms. The van der Waals surface area contributed by atoms with E-state index in [4.69, 9.17) is 5.73 Å². The highest BCUT2D eigenvalue weighted by Gasteiger charge is 2.25. The van der Waals surface area contributed by atoms with Gasteiger partial charge in [0.05, 0.1) is 0 Å². The molecule has 2 N–H and O–H groups in total. The number of rotatable bonds is 8. The van der Waals surface area contributed by atoms with Crippen molar-refractivity contribution >= 4 is 18.2 Å². The molecule has 0 rings (SSSR count). The largest absolute Gasteiger partial charge is 0.334 e. The number of carbonyl (C=O) groups excluding carboxylic acids is 3. The predicted molar refractivity (Wildman–Crippen MR) is 68.6 cm³/mol. The summed E-state index contributed by atoms with van der Waals surface area (Å²) in [6, 6.07) is 0. The van der Waals surface area contributed by atoms with Gasteiger partial charge in [0.15, 0.2) is 0 Å². The Morgan fingerprint density at radius 3 is 2.00 bits per heavy atom. The highest BCUT2D eigenvalue weighted by atomic mass is 16.2. The molecule has 0 radical (unpaired) electrons. The smallest absolute Gasteiger partial charge is 0.318 e. The Morgan fingerprint density at radius 2 is 1.61 bits per heavy atom. The van der Waals surface area contributed by atoms with Gasteiger partial charge in [0.1, 0.15) is 0 Å². The first kappa shape index (κ1) is 16.6. The fourth-order valence-corrected chi connectivity index (χ4v) is 1.58. The molecule has 0 aromatic rings. The van der Waals surface area contributed by atoms with E-state index in [1.54, 1.807) is 0 Å². The lowest BCUT2D eigenvalue weighted by Gasteiger charge is -2.23. The Morgan fingerprint density at radius 1 is 1.06 bits per heavy atom. The molecule has 0 aliphatic rings. The SMILES string of the molecule is CCCN(CCC)C(=O)C(=O)N(C=O)CCCN. The van der Waals surface area contributed by atoms with Gasteiger partial charge in [-0.3, -0.25) is 19.3 Å². The van der Waals surface area contributed by atoms with E-state index < -0.39 is 11.8 Å². The predicted octanol–water partition coefficient (Wildman–Crippen LogP) is -0.0312. The molecular weight excluding hydrogens is 234 g/mol. The Balaban J connectivity index is 4.59. The van der Waals surface area contributed by atoms with Crippen LogP contribution >= 0.6 is 0 Å². The summed E-state index contributed by atoms with van der Waals surface area (Å²) in [6.45, 7) is 5.50. The van der Waals surface area contributed by atoms with Crippen LogP contribution in [-0.4, -0.2) is 54.2 Å². The maximum absolute atomic E-state index is 11.9. The summed E-state index contributed by atoms with van der Waals surface area (Å²) < 4.78 is 0. The zero-order valence-corrected chi connectivity index (χ0v) is 11.2. The molecule has 18 heavy (non-hydrogen) atoms. The number of hydrogen-bond donors (Lipinski definition) is 1. The maximum Gasteiger partial charge on any atom is 0.318 e. The minimum absolute atomic E-state index is 0.191. The van der Waals surface area contributed by atoms with Gasteiger partial charge in [-0.1, -0.05) is 13.8 Å². The van der Waals surface area contributed by atoms with Gasteiger partial charge in [-0.25, -0.2) is 0 Å². The summed E-state index contributed by atoms with van der Waals surface area (Å²) in [5.41, 5.74) is 5.31. The Bertz CT molecular complexity index is 276. The quantitative estimate of drug-likeness (QED) is 0.489. The van der Waals surface area contributed by atoms with E-state index in [0.29, 0.717) is 32.5 Å². The molecule has 0 fully saturated rings. The second-order valence-corrected chi connectivity index (χ2v) is 4.04. The van der Waals surface area contributed by atoms with Crippen molar-refractivity contribution in [3.63, 3.8) is 0 Å². The van der Waals surface area contributed by atoms with Crippen molar-refractivity contribution in [1.29, 1.82) is 0 Å². The van der Waals surface area contributed by atoms with Gasteiger partial charge in [-0.05, 0) is 25.8 Å². The van der Waals surface area contributed by atoms with Crippen LogP contribution in [-0.2, 0) is 14.4 Å². The van der Waals surface area contributed by atoms with Crippen LogP contribution in [0.4, 0.5) is 0 Å². The summed E-state index contributed by atoms with van der Waals surface area (Å²) in [5, 5.41) is 0. The van der Waals surface area contributed by atoms with Crippen molar-refractivity contribution < 1.29 is 14.4 Å². The van der Waals surface area contributed by atoms with E-state index >= 15 is 0 Å². The number of nitrogens with zero attached hydrogens (tertiary/aromatic N) is 2.